The largest absolute Gasteiger partial charge is 0.490 e. The first-order chi connectivity index (χ1) is 14.3. The van der Waals surface area contributed by atoms with Crippen LogP contribution in [-0.4, -0.2) is 37.4 Å². The molecule has 6 heteroatoms. The summed E-state index contributed by atoms with van der Waals surface area (Å²) in [4.78, 5) is 14.9. The van der Waals surface area contributed by atoms with Crippen molar-refractivity contribution < 1.29 is 23.7 Å². The van der Waals surface area contributed by atoms with Crippen molar-refractivity contribution in [1.82, 2.24) is 4.90 Å². The second-order valence-electron chi connectivity index (χ2n) is 7.78. The molecule has 0 spiro atoms. The van der Waals surface area contributed by atoms with E-state index < -0.39 is 0 Å². The number of benzene rings is 2. The highest BCUT2D eigenvalue weighted by atomic mass is 16.7. The summed E-state index contributed by atoms with van der Waals surface area (Å²) in [7, 11) is 0. The first-order valence-corrected chi connectivity index (χ1v) is 10.1. The van der Waals surface area contributed by atoms with Crippen LogP contribution in [0.2, 0.25) is 0 Å². The molecule has 1 atom stereocenters. The number of fused-ring (bicyclic) bond motifs is 5. The van der Waals surface area contributed by atoms with E-state index in [1.54, 1.807) is 0 Å². The van der Waals surface area contributed by atoms with Gasteiger partial charge in [-0.15, -0.1) is 0 Å². The van der Waals surface area contributed by atoms with Crippen molar-refractivity contribution in [1.29, 1.82) is 0 Å². The zero-order valence-corrected chi connectivity index (χ0v) is 16.0. The summed E-state index contributed by atoms with van der Waals surface area (Å²) in [6.45, 7) is 2.27. The Morgan fingerprint density at radius 2 is 1.69 bits per heavy atom. The van der Waals surface area contributed by atoms with E-state index in [0.717, 1.165) is 52.7 Å². The van der Waals surface area contributed by atoms with E-state index >= 15 is 0 Å². The zero-order chi connectivity index (χ0) is 19.4. The number of carbonyl (C=O) groups excluding carboxylic acids is 1. The van der Waals surface area contributed by atoms with Gasteiger partial charge in [0.1, 0.15) is 0 Å². The molecule has 1 amide bonds. The summed E-state index contributed by atoms with van der Waals surface area (Å²) in [5.41, 5.74) is 4.31. The smallest absolute Gasteiger partial charge is 0.231 e. The SMILES string of the molecule is O=C1C[C@@H](c2ccc3c(c2)OCO3)C=C2c3cc4c(cc3CCN12)OCCCO4. The van der Waals surface area contributed by atoms with Gasteiger partial charge in [0.15, 0.2) is 23.0 Å². The second kappa shape index (κ2) is 6.44. The highest BCUT2D eigenvalue weighted by molar-refractivity contribution is 5.92. The van der Waals surface area contributed by atoms with E-state index in [0.29, 0.717) is 26.2 Å². The molecule has 6 nitrogen and oxygen atoms in total. The van der Waals surface area contributed by atoms with Gasteiger partial charge < -0.3 is 23.8 Å². The molecule has 0 N–H and O–H groups in total. The van der Waals surface area contributed by atoms with Gasteiger partial charge in [0.2, 0.25) is 12.7 Å². The molecular weight excluding hydrogens is 370 g/mol. The predicted molar refractivity (Wildman–Crippen MR) is 105 cm³/mol. The van der Waals surface area contributed by atoms with E-state index in [4.69, 9.17) is 18.9 Å². The lowest BCUT2D eigenvalue weighted by atomic mass is 9.85. The van der Waals surface area contributed by atoms with E-state index in [1.807, 2.05) is 29.2 Å². The fourth-order valence-corrected chi connectivity index (χ4v) is 4.54. The standard InChI is InChI=1S/C23H21NO5/c25-23-11-16(14-2-3-19-20(9-14)29-13-28-19)8-18-17-12-22-21(26-6-1-7-27-22)10-15(17)4-5-24(18)23/h2-3,8-10,12,16H,1,4-7,11,13H2/t16-/m0/s1. The van der Waals surface area contributed by atoms with Crippen LogP contribution in [0.15, 0.2) is 36.4 Å². The highest BCUT2D eigenvalue weighted by Gasteiger charge is 2.34. The summed E-state index contributed by atoms with van der Waals surface area (Å²) in [5, 5.41) is 0. The fourth-order valence-electron chi connectivity index (χ4n) is 4.54. The molecule has 2 aromatic carbocycles. The van der Waals surface area contributed by atoms with Gasteiger partial charge in [0, 0.05) is 36.6 Å². The van der Waals surface area contributed by atoms with Crippen molar-refractivity contribution in [3.63, 3.8) is 0 Å². The minimum Gasteiger partial charge on any atom is -0.490 e. The molecule has 4 aliphatic rings. The van der Waals surface area contributed by atoms with Crippen LogP contribution in [0.25, 0.3) is 5.70 Å². The molecule has 0 radical (unpaired) electrons. The fraction of sp³-hybridized carbons (Fsp3) is 0.348. The van der Waals surface area contributed by atoms with Crippen molar-refractivity contribution in [2.75, 3.05) is 26.6 Å². The Hall–Kier alpha value is -3.15. The lowest BCUT2D eigenvalue weighted by Gasteiger charge is -2.37. The topological polar surface area (TPSA) is 57.2 Å². The van der Waals surface area contributed by atoms with E-state index in [1.165, 1.54) is 5.56 Å². The van der Waals surface area contributed by atoms with Gasteiger partial charge in [-0.1, -0.05) is 12.1 Å². The van der Waals surface area contributed by atoms with Crippen LogP contribution in [0, 0.1) is 0 Å². The van der Waals surface area contributed by atoms with Crippen LogP contribution in [0.1, 0.15) is 35.4 Å². The minimum atomic E-state index is 0.00479. The van der Waals surface area contributed by atoms with Gasteiger partial charge in [-0.25, -0.2) is 0 Å². The van der Waals surface area contributed by atoms with Crippen LogP contribution in [0.4, 0.5) is 0 Å². The monoisotopic (exact) mass is 391 g/mol. The molecule has 148 valence electrons. The van der Waals surface area contributed by atoms with E-state index in [2.05, 4.69) is 12.1 Å². The summed E-state index contributed by atoms with van der Waals surface area (Å²) in [6, 6.07) is 10.1. The number of nitrogens with zero attached hydrogens (tertiary/aromatic N) is 1. The van der Waals surface area contributed by atoms with Gasteiger partial charge in [-0.2, -0.15) is 0 Å². The summed E-state index contributed by atoms with van der Waals surface area (Å²) in [6.07, 6.45) is 4.37. The zero-order valence-electron chi connectivity index (χ0n) is 16.0. The average molecular weight is 391 g/mol. The van der Waals surface area contributed by atoms with Crippen molar-refractivity contribution in [3.05, 3.63) is 53.1 Å². The number of hydrogen-bond acceptors (Lipinski definition) is 5. The number of amides is 1. The maximum absolute atomic E-state index is 13.0. The molecule has 0 saturated carbocycles. The normalized spacial score (nSPS) is 21.8. The van der Waals surface area contributed by atoms with Gasteiger partial charge >= 0.3 is 0 Å². The minimum absolute atomic E-state index is 0.00479. The Bertz CT molecular complexity index is 1040. The molecule has 0 aromatic heterocycles. The van der Waals surface area contributed by atoms with Crippen molar-refractivity contribution in [2.24, 2.45) is 0 Å². The average Bonchev–Trinajstić information content (AvgIpc) is 3.09. The lowest BCUT2D eigenvalue weighted by Crippen LogP contribution is -2.38. The number of rotatable bonds is 1. The third-order valence-electron chi connectivity index (χ3n) is 6.02. The number of ether oxygens (including phenoxy) is 4. The number of carbonyl (C=O) groups is 1. The summed E-state index contributed by atoms with van der Waals surface area (Å²) in [5.74, 6) is 3.24. The molecule has 0 unspecified atom stereocenters. The summed E-state index contributed by atoms with van der Waals surface area (Å²) >= 11 is 0. The quantitative estimate of drug-likeness (QED) is 0.745. The van der Waals surface area contributed by atoms with Crippen LogP contribution in [-0.2, 0) is 11.2 Å². The molecule has 0 aliphatic carbocycles. The Labute approximate surface area is 168 Å². The first-order valence-electron chi connectivity index (χ1n) is 10.1. The molecule has 0 saturated heterocycles. The molecule has 0 bridgehead atoms. The van der Waals surface area contributed by atoms with Gasteiger partial charge in [-0.05, 0) is 41.8 Å². The Kier molecular flexibility index (Phi) is 3.72. The molecule has 4 aliphatic heterocycles. The van der Waals surface area contributed by atoms with Gasteiger partial charge in [-0.3, -0.25) is 4.79 Å². The molecule has 2 aromatic rings. The van der Waals surface area contributed by atoms with Gasteiger partial charge in [0.25, 0.3) is 0 Å². The van der Waals surface area contributed by atoms with Crippen LogP contribution in [0.5, 0.6) is 23.0 Å². The molecule has 4 heterocycles. The molecule has 6 rings (SSSR count). The van der Waals surface area contributed by atoms with Crippen LogP contribution in [0.3, 0.4) is 0 Å². The molecule has 29 heavy (non-hydrogen) atoms. The van der Waals surface area contributed by atoms with Crippen molar-refractivity contribution >= 4 is 11.6 Å². The van der Waals surface area contributed by atoms with Crippen LogP contribution >= 0.6 is 0 Å². The Morgan fingerprint density at radius 1 is 0.897 bits per heavy atom. The second-order valence-corrected chi connectivity index (χ2v) is 7.78. The van der Waals surface area contributed by atoms with E-state index in [-0.39, 0.29) is 18.6 Å². The Balaban J connectivity index is 1.43. The van der Waals surface area contributed by atoms with Crippen LogP contribution < -0.4 is 18.9 Å². The maximum Gasteiger partial charge on any atom is 0.231 e. The van der Waals surface area contributed by atoms with Crippen molar-refractivity contribution in [2.45, 2.75) is 25.2 Å². The lowest BCUT2D eigenvalue weighted by molar-refractivity contribution is -0.128. The maximum atomic E-state index is 13.0. The highest BCUT2D eigenvalue weighted by Crippen LogP contribution is 2.44. The third-order valence-corrected chi connectivity index (χ3v) is 6.02. The number of allylic oxidation sites excluding steroid dienone is 1. The Morgan fingerprint density at radius 3 is 2.59 bits per heavy atom. The van der Waals surface area contributed by atoms with Crippen molar-refractivity contribution in [3.8, 4) is 23.0 Å². The van der Waals surface area contributed by atoms with Gasteiger partial charge in [0.05, 0.1) is 13.2 Å². The number of hydrogen-bond donors (Lipinski definition) is 0. The molecule has 0 fully saturated rings. The third kappa shape index (κ3) is 2.74. The predicted octanol–water partition coefficient (Wildman–Crippen LogP) is 3.49. The van der Waals surface area contributed by atoms with E-state index in [9.17, 15) is 4.79 Å². The summed E-state index contributed by atoms with van der Waals surface area (Å²) < 4.78 is 22.7. The molecular formula is C23H21NO5. The first kappa shape index (κ1) is 16.8.